The SMILES string of the molecule is Cn1c2ccccc2c2c3ccccc3c3c4ccccc4p(-c4ccccc4)c3c21. The smallest absolute Gasteiger partial charge is 0.0619 e. The molecule has 1 nitrogen and oxygen atoms in total. The molecule has 0 N–H and O–H groups in total. The standard InChI is InChI=1S/C29H20NP/c1-30-24-17-9-7-15-22(24)26-20-13-5-6-14-21(20)27-23-16-8-10-18-25(23)31(29(27)28(26)30)19-11-3-2-4-12-19/h2-18H,1H3. The second-order valence-electron chi connectivity index (χ2n) is 8.26. The van der Waals surface area contributed by atoms with Crippen LogP contribution < -0.4 is 0 Å². The van der Waals surface area contributed by atoms with Gasteiger partial charge in [-0.15, -0.1) is 0 Å². The average Bonchev–Trinajstić information content (AvgIpc) is 3.33. The minimum atomic E-state index is -0.619. The Kier molecular flexibility index (Phi) is 3.45. The zero-order chi connectivity index (χ0) is 20.5. The predicted molar refractivity (Wildman–Crippen MR) is 137 cm³/mol. The minimum Gasteiger partial charge on any atom is -0.343 e. The largest absolute Gasteiger partial charge is 0.343 e. The highest BCUT2D eigenvalue weighted by Crippen LogP contribution is 2.59. The Balaban J connectivity index is 1.92. The summed E-state index contributed by atoms with van der Waals surface area (Å²) in [5.74, 6) is 0. The molecule has 1 unspecified atom stereocenters. The quantitative estimate of drug-likeness (QED) is 0.253. The first kappa shape index (κ1) is 17.2. The second-order valence-corrected chi connectivity index (χ2v) is 10.4. The molecular formula is C29H20NP. The molecule has 0 fully saturated rings. The van der Waals surface area contributed by atoms with Gasteiger partial charge in [0.05, 0.1) is 5.52 Å². The fraction of sp³-hybridized carbons (Fsp3) is 0.0345. The highest BCUT2D eigenvalue weighted by molar-refractivity contribution is 7.68. The molecule has 2 heteroatoms. The number of aryl methyl sites for hydroxylation is 1. The van der Waals surface area contributed by atoms with Gasteiger partial charge in [0, 0.05) is 39.0 Å². The van der Waals surface area contributed by atoms with Crippen LogP contribution in [-0.2, 0) is 7.05 Å². The summed E-state index contributed by atoms with van der Waals surface area (Å²) < 4.78 is 2.43. The third-order valence-electron chi connectivity index (χ3n) is 6.69. The maximum atomic E-state index is 2.43. The van der Waals surface area contributed by atoms with E-state index in [4.69, 9.17) is 0 Å². The third-order valence-corrected chi connectivity index (χ3v) is 9.26. The molecular weight excluding hydrogens is 393 g/mol. The van der Waals surface area contributed by atoms with Crippen molar-refractivity contribution in [2.75, 3.05) is 0 Å². The van der Waals surface area contributed by atoms with Crippen LogP contribution in [0.5, 0.6) is 0 Å². The predicted octanol–water partition coefficient (Wildman–Crippen LogP) is 8.77. The number of nitrogens with zero attached hydrogens (tertiary/aromatic N) is 1. The van der Waals surface area contributed by atoms with Crippen molar-refractivity contribution in [3.63, 3.8) is 0 Å². The molecule has 146 valence electrons. The molecule has 7 aromatic rings. The highest BCUT2D eigenvalue weighted by Gasteiger charge is 2.22. The van der Waals surface area contributed by atoms with Gasteiger partial charge in [0.1, 0.15) is 0 Å². The van der Waals surface area contributed by atoms with Gasteiger partial charge >= 0.3 is 0 Å². The first-order valence-electron chi connectivity index (χ1n) is 10.7. The Morgan fingerprint density at radius 2 is 1.13 bits per heavy atom. The van der Waals surface area contributed by atoms with E-state index in [-0.39, 0.29) is 0 Å². The molecule has 2 aromatic heterocycles. The number of benzene rings is 5. The molecule has 31 heavy (non-hydrogen) atoms. The number of para-hydroxylation sites is 1. The van der Waals surface area contributed by atoms with Gasteiger partial charge in [-0.05, 0) is 27.5 Å². The number of hydrogen-bond donors (Lipinski definition) is 0. The maximum Gasteiger partial charge on any atom is 0.0619 e. The number of rotatable bonds is 1. The van der Waals surface area contributed by atoms with Crippen LogP contribution >= 0.6 is 7.53 Å². The van der Waals surface area contributed by atoms with Crippen LogP contribution in [0, 0.1) is 0 Å². The Hall–Kier alpha value is -3.54. The number of aromatic nitrogens is 1. The summed E-state index contributed by atoms with van der Waals surface area (Å²) in [6, 6.07) is 38.0. The van der Waals surface area contributed by atoms with Gasteiger partial charge in [0.15, 0.2) is 0 Å². The van der Waals surface area contributed by atoms with Gasteiger partial charge in [-0.1, -0.05) is 105 Å². The van der Waals surface area contributed by atoms with Gasteiger partial charge in [0.2, 0.25) is 0 Å². The van der Waals surface area contributed by atoms with Crippen molar-refractivity contribution < 1.29 is 0 Å². The van der Waals surface area contributed by atoms with E-state index >= 15 is 0 Å². The first-order chi connectivity index (χ1) is 15.3. The lowest BCUT2D eigenvalue weighted by Crippen LogP contribution is -1.87. The van der Waals surface area contributed by atoms with Crippen molar-refractivity contribution >= 4 is 61.1 Å². The molecule has 7 rings (SSSR count). The van der Waals surface area contributed by atoms with E-state index in [0.29, 0.717) is 0 Å². The van der Waals surface area contributed by atoms with Crippen LogP contribution in [0.15, 0.2) is 103 Å². The summed E-state index contributed by atoms with van der Waals surface area (Å²) in [6.07, 6.45) is 0. The monoisotopic (exact) mass is 413 g/mol. The van der Waals surface area contributed by atoms with Crippen LogP contribution in [0.3, 0.4) is 0 Å². The second kappa shape index (κ2) is 6.23. The molecule has 5 aromatic carbocycles. The van der Waals surface area contributed by atoms with Crippen molar-refractivity contribution in [3.05, 3.63) is 103 Å². The first-order valence-corrected chi connectivity index (χ1v) is 12.0. The zero-order valence-corrected chi connectivity index (χ0v) is 18.1. The summed E-state index contributed by atoms with van der Waals surface area (Å²) in [4.78, 5) is 0. The van der Waals surface area contributed by atoms with Crippen molar-refractivity contribution in [1.29, 1.82) is 0 Å². The maximum absolute atomic E-state index is 2.43. The van der Waals surface area contributed by atoms with Gasteiger partial charge in [-0.2, -0.15) is 0 Å². The number of hydrogen-bond acceptors (Lipinski definition) is 0. The fourth-order valence-corrected chi connectivity index (χ4v) is 8.29. The van der Waals surface area contributed by atoms with Crippen LogP contribution in [0.4, 0.5) is 0 Å². The lowest BCUT2D eigenvalue weighted by atomic mass is 9.99. The molecule has 0 bridgehead atoms. The van der Waals surface area contributed by atoms with Crippen LogP contribution in [-0.4, -0.2) is 4.57 Å². The number of fused-ring (bicyclic) bond motifs is 10. The van der Waals surface area contributed by atoms with Gasteiger partial charge in [-0.3, -0.25) is 0 Å². The Morgan fingerprint density at radius 3 is 1.90 bits per heavy atom. The molecule has 0 radical (unpaired) electrons. The van der Waals surface area contributed by atoms with E-state index in [2.05, 4.69) is 115 Å². The van der Waals surface area contributed by atoms with Crippen molar-refractivity contribution in [2.45, 2.75) is 0 Å². The van der Waals surface area contributed by atoms with Crippen LogP contribution in [0.2, 0.25) is 0 Å². The Bertz CT molecular complexity index is 1780. The van der Waals surface area contributed by atoms with E-state index in [1.54, 1.807) is 0 Å². The summed E-state index contributed by atoms with van der Waals surface area (Å²) >= 11 is 0. The highest BCUT2D eigenvalue weighted by atomic mass is 31.1. The van der Waals surface area contributed by atoms with Gasteiger partial charge in [0.25, 0.3) is 0 Å². The molecule has 0 saturated carbocycles. The average molecular weight is 413 g/mol. The normalized spacial score (nSPS) is 12.6. The van der Waals surface area contributed by atoms with Crippen molar-refractivity contribution in [3.8, 4) is 5.30 Å². The summed E-state index contributed by atoms with van der Waals surface area (Å²) in [5, 5.41) is 12.7. The van der Waals surface area contributed by atoms with E-state index in [9.17, 15) is 0 Å². The van der Waals surface area contributed by atoms with Crippen LogP contribution in [0.25, 0.3) is 58.9 Å². The lowest BCUT2D eigenvalue weighted by molar-refractivity contribution is 1.02. The summed E-state index contributed by atoms with van der Waals surface area (Å²) in [7, 11) is 1.62. The minimum absolute atomic E-state index is 0.619. The van der Waals surface area contributed by atoms with E-state index in [1.807, 2.05) is 0 Å². The van der Waals surface area contributed by atoms with Crippen molar-refractivity contribution in [2.24, 2.45) is 7.05 Å². The van der Waals surface area contributed by atoms with Gasteiger partial charge < -0.3 is 4.57 Å². The van der Waals surface area contributed by atoms with Crippen LogP contribution in [0.1, 0.15) is 0 Å². The molecule has 0 spiro atoms. The topological polar surface area (TPSA) is 4.93 Å². The molecule has 0 aliphatic rings. The molecule has 0 aliphatic heterocycles. The molecule has 2 heterocycles. The molecule has 0 amide bonds. The lowest BCUT2D eigenvalue weighted by Gasteiger charge is -2.09. The zero-order valence-electron chi connectivity index (χ0n) is 17.2. The van der Waals surface area contributed by atoms with E-state index in [0.717, 1.165) is 0 Å². The molecule has 0 saturated heterocycles. The summed E-state index contributed by atoms with van der Waals surface area (Å²) in [6.45, 7) is 0. The molecule has 1 atom stereocenters. The van der Waals surface area contributed by atoms with Crippen molar-refractivity contribution in [1.82, 2.24) is 4.57 Å². The van der Waals surface area contributed by atoms with E-state index in [1.165, 1.54) is 58.9 Å². The molecule has 0 aliphatic carbocycles. The Labute approximate surface area is 181 Å². The summed E-state index contributed by atoms with van der Waals surface area (Å²) in [5.41, 5.74) is 2.69. The Morgan fingerprint density at radius 1 is 0.548 bits per heavy atom. The van der Waals surface area contributed by atoms with E-state index < -0.39 is 7.53 Å². The fourth-order valence-electron chi connectivity index (χ4n) is 5.44. The van der Waals surface area contributed by atoms with Gasteiger partial charge in [-0.25, -0.2) is 0 Å². The third kappa shape index (κ3) is 2.17.